The van der Waals surface area contributed by atoms with Gasteiger partial charge in [-0.25, -0.2) is 13.6 Å². The van der Waals surface area contributed by atoms with E-state index in [1.807, 2.05) is 4.90 Å². The van der Waals surface area contributed by atoms with Crippen molar-refractivity contribution in [2.75, 3.05) is 31.1 Å². The van der Waals surface area contributed by atoms with Crippen LogP contribution in [0.4, 0.5) is 14.5 Å². The van der Waals surface area contributed by atoms with Crippen LogP contribution in [0.15, 0.2) is 23.1 Å². The van der Waals surface area contributed by atoms with Crippen molar-refractivity contribution in [3.63, 3.8) is 0 Å². The van der Waals surface area contributed by atoms with Crippen LogP contribution in [0.25, 0.3) is 10.9 Å². The zero-order valence-electron chi connectivity index (χ0n) is 13.3. The smallest absolute Gasteiger partial charge is 0.341 e. The number of alkyl halides is 1. The molecule has 0 radical (unpaired) electrons. The molecule has 25 heavy (non-hydrogen) atoms. The van der Waals surface area contributed by atoms with Crippen molar-refractivity contribution in [2.24, 2.45) is 0 Å². The Morgan fingerprint density at radius 3 is 2.56 bits per heavy atom. The van der Waals surface area contributed by atoms with Crippen LogP contribution >= 0.6 is 0 Å². The average molecular weight is 349 g/mol. The van der Waals surface area contributed by atoms with Crippen molar-refractivity contribution in [1.82, 2.24) is 9.88 Å². The fourth-order valence-electron chi connectivity index (χ4n) is 3.37. The number of carboxylic acids is 1. The Balaban J connectivity index is 1.95. The number of rotatable bonds is 3. The number of piperazine rings is 1. The van der Waals surface area contributed by atoms with E-state index in [0.717, 1.165) is 19.2 Å². The summed E-state index contributed by atoms with van der Waals surface area (Å²) in [5.41, 5.74) is -0.502. The highest BCUT2D eigenvalue weighted by atomic mass is 19.1. The predicted octanol–water partition coefficient (Wildman–Crippen LogP) is 1.53. The molecule has 2 N–H and O–H groups in total. The monoisotopic (exact) mass is 349 g/mol. The van der Waals surface area contributed by atoms with E-state index in [0.29, 0.717) is 24.3 Å². The first-order valence-electron chi connectivity index (χ1n) is 8.19. The van der Waals surface area contributed by atoms with E-state index in [4.69, 9.17) is 0 Å². The molecule has 2 atom stereocenters. The molecule has 2 aromatic rings. The molecule has 0 bridgehead atoms. The fourth-order valence-corrected chi connectivity index (χ4v) is 3.37. The number of aromatic nitrogens is 1. The zero-order valence-corrected chi connectivity index (χ0v) is 13.3. The quantitative estimate of drug-likeness (QED) is 0.879. The molecule has 1 aromatic heterocycles. The minimum absolute atomic E-state index is 0.0321. The molecule has 132 valence electrons. The highest BCUT2D eigenvalue weighted by molar-refractivity contribution is 5.93. The lowest BCUT2D eigenvalue weighted by molar-refractivity contribution is 0.0694. The van der Waals surface area contributed by atoms with E-state index in [1.54, 1.807) is 0 Å². The van der Waals surface area contributed by atoms with Gasteiger partial charge >= 0.3 is 5.97 Å². The van der Waals surface area contributed by atoms with Crippen LogP contribution in [-0.2, 0) is 0 Å². The van der Waals surface area contributed by atoms with Gasteiger partial charge in [-0.1, -0.05) is 0 Å². The third-order valence-electron chi connectivity index (χ3n) is 4.83. The Labute approximate surface area is 141 Å². The Morgan fingerprint density at radius 1 is 1.28 bits per heavy atom. The molecule has 0 unspecified atom stereocenters. The summed E-state index contributed by atoms with van der Waals surface area (Å²) in [6.07, 6.45) is 0.355. The molecule has 1 aliphatic heterocycles. The van der Waals surface area contributed by atoms with E-state index in [1.165, 1.54) is 16.8 Å². The Kier molecular flexibility index (Phi) is 3.72. The first kappa shape index (κ1) is 16.0. The van der Waals surface area contributed by atoms with Gasteiger partial charge in [0.1, 0.15) is 17.6 Å². The van der Waals surface area contributed by atoms with Crippen molar-refractivity contribution in [2.45, 2.75) is 18.6 Å². The maximum atomic E-state index is 14.6. The number of carboxylic acid groups (broad SMARTS) is 1. The second-order valence-corrected chi connectivity index (χ2v) is 6.46. The van der Waals surface area contributed by atoms with Crippen molar-refractivity contribution >= 4 is 22.6 Å². The van der Waals surface area contributed by atoms with Crippen LogP contribution in [-0.4, -0.2) is 48.0 Å². The maximum absolute atomic E-state index is 14.6. The predicted molar refractivity (Wildman–Crippen MR) is 88.8 cm³/mol. The van der Waals surface area contributed by atoms with Crippen LogP contribution < -0.4 is 15.6 Å². The molecule has 8 heteroatoms. The van der Waals surface area contributed by atoms with Crippen molar-refractivity contribution in [3.05, 3.63) is 39.9 Å². The summed E-state index contributed by atoms with van der Waals surface area (Å²) >= 11 is 0. The minimum Gasteiger partial charge on any atom is -0.477 e. The lowest BCUT2D eigenvalue weighted by Crippen LogP contribution is -2.43. The Hall–Kier alpha value is -2.48. The van der Waals surface area contributed by atoms with Gasteiger partial charge in [-0.2, -0.15) is 0 Å². The molecule has 1 aliphatic carbocycles. The van der Waals surface area contributed by atoms with Gasteiger partial charge in [0.2, 0.25) is 5.43 Å². The van der Waals surface area contributed by atoms with Crippen LogP contribution in [0, 0.1) is 5.82 Å². The van der Waals surface area contributed by atoms with E-state index in [2.05, 4.69) is 5.32 Å². The van der Waals surface area contributed by atoms with Gasteiger partial charge in [0, 0.05) is 44.2 Å². The number of fused-ring (bicyclic) bond motifs is 1. The summed E-state index contributed by atoms with van der Waals surface area (Å²) in [6.45, 7) is 2.68. The normalized spacial score (nSPS) is 23.0. The number of hydrogen-bond donors (Lipinski definition) is 2. The number of halogens is 2. The highest BCUT2D eigenvalue weighted by Crippen LogP contribution is 2.41. The third kappa shape index (κ3) is 2.66. The molecule has 1 aromatic carbocycles. The van der Waals surface area contributed by atoms with Gasteiger partial charge in [-0.3, -0.25) is 4.79 Å². The Bertz CT molecular complexity index is 921. The van der Waals surface area contributed by atoms with Gasteiger partial charge in [-0.05, 0) is 12.1 Å². The summed E-state index contributed by atoms with van der Waals surface area (Å²) in [6, 6.07) is 2.10. The molecular formula is C17H17F2N3O3. The maximum Gasteiger partial charge on any atom is 0.341 e. The molecular weight excluding hydrogens is 332 g/mol. The number of carbonyl (C=O) groups is 1. The summed E-state index contributed by atoms with van der Waals surface area (Å²) in [5, 5.41) is 12.4. The lowest BCUT2D eigenvalue weighted by Gasteiger charge is -2.30. The molecule has 0 amide bonds. The zero-order chi connectivity index (χ0) is 17.7. The van der Waals surface area contributed by atoms with E-state index in [9.17, 15) is 23.5 Å². The number of nitrogens with one attached hydrogen (secondary N) is 1. The number of hydrogen-bond acceptors (Lipinski definition) is 4. The number of pyridine rings is 1. The summed E-state index contributed by atoms with van der Waals surface area (Å²) < 4.78 is 29.7. The van der Waals surface area contributed by atoms with E-state index in [-0.39, 0.29) is 11.8 Å². The molecule has 1 saturated heterocycles. The number of nitrogens with zero attached hydrogens (tertiary/aromatic N) is 2. The molecule has 6 nitrogen and oxygen atoms in total. The molecule has 2 fully saturated rings. The van der Waals surface area contributed by atoms with Gasteiger partial charge in [0.05, 0.1) is 17.2 Å². The Morgan fingerprint density at radius 2 is 1.96 bits per heavy atom. The lowest BCUT2D eigenvalue weighted by atomic mass is 10.1. The second-order valence-electron chi connectivity index (χ2n) is 6.46. The standard InChI is InChI=1S/C17H17F2N3O3/c18-11-5-9-13(7-14(11)21-3-1-20-2-4-21)22(15-6-12(15)19)8-10(16(9)23)17(24)25/h5,7-8,12,15,20H,1-4,6H2,(H,24,25)/t12-,15-/m0/s1. The first-order valence-corrected chi connectivity index (χ1v) is 8.19. The molecule has 2 heterocycles. The van der Waals surface area contributed by atoms with E-state index >= 15 is 0 Å². The van der Waals surface area contributed by atoms with Gasteiger partial charge in [0.25, 0.3) is 0 Å². The average Bonchev–Trinajstić information content (AvgIpc) is 3.32. The summed E-state index contributed by atoms with van der Waals surface area (Å²) in [4.78, 5) is 25.6. The molecule has 2 aliphatic rings. The highest BCUT2D eigenvalue weighted by Gasteiger charge is 2.40. The SMILES string of the molecule is O=C(O)c1cn([C@H]2C[C@@H]2F)c2cc(N3CCNCC3)c(F)cc2c1=O. The largest absolute Gasteiger partial charge is 0.477 e. The van der Waals surface area contributed by atoms with Crippen LogP contribution in [0.3, 0.4) is 0 Å². The number of aromatic carboxylic acids is 1. The van der Waals surface area contributed by atoms with Gasteiger partial charge in [-0.15, -0.1) is 0 Å². The second kappa shape index (κ2) is 5.80. The first-order chi connectivity index (χ1) is 12.0. The van der Waals surface area contributed by atoms with Crippen molar-refractivity contribution in [3.8, 4) is 0 Å². The van der Waals surface area contributed by atoms with E-state index < -0.39 is 35.0 Å². The molecule has 4 rings (SSSR count). The summed E-state index contributed by atoms with van der Waals surface area (Å²) in [5.74, 6) is -1.98. The molecule has 0 spiro atoms. The van der Waals surface area contributed by atoms with Crippen molar-refractivity contribution in [1.29, 1.82) is 0 Å². The number of anilines is 1. The van der Waals surface area contributed by atoms with Crippen LogP contribution in [0.1, 0.15) is 22.8 Å². The molecule has 1 saturated carbocycles. The van der Waals surface area contributed by atoms with Gasteiger partial charge in [0.15, 0.2) is 0 Å². The topological polar surface area (TPSA) is 74.6 Å². The number of benzene rings is 1. The van der Waals surface area contributed by atoms with Gasteiger partial charge < -0.3 is 19.9 Å². The minimum atomic E-state index is -1.40. The van der Waals surface area contributed by atoms with Crippen molar-refractivity contribution < 1.29 is 18.7 Å². The van der Waals surface area contributed by atoms with Crippen LogP contribution in [0.5, 0.6) is 0 Å². The summed E-state index contributed by atoms with van der Waals surface area (Å²) in [7, 11) is 0. The fraction of sp³-hybridized carbons (Fsp3) is 0.412. The third-order valence-corrected chi connectivity index (χ3v) is 4.83. The van der Waals surface area contributed by atoms with Crippen LogP contribution in [0.2, 0.25) is 0 Å².